The second-order valence-corrected chi connectivity index (χ2v) is 9.62. The second kappa shape index (κ2) is 10.4. The minimum Gasteiger partial charge on any atom is -0.495 e. The molecule has 0 saturated heterocycles. The molecule has 0 heterocycles. The lowest BCUT2D eigenvalue weighted by atomic mass is 10.2. The van der Waals surface area contributed by atoms with Gasteiger partial charge in [-0.3, -0.25) is 9.10 Å². The van der Waals surface area contributed by atoms with Crippen LogP contribution in [0.15, 0.2) is 87.3 Å². The van der Waals surface area contributed by atoms with E-state index in [1.807, 2.05) is 31.2 Å². The van der Waals surface area contributed by atoms with Gasteiger partial charge >= 0.3 is 0 Å². The number of para-hydroxylation sites is 2. The van der Waals surface area contributed by atoms with Gasteiger partial charge in [0.25, 0.3) is 15.9 Å². The SMILES string of the molecule is COc1ccccc1N(CC(=O)N/N=C/c1cccc(Br)c1)S(=O)(=O)c1ccc(C)cc1. The quantitative estimate of drug-likeness (QED) is 0.361. The van der Waals surface area contributed by atoms with Crippen molar-refractivity contribution in [3.8, 4) is 5.75 Å². The summed E-state index contributed by atoms with van der Waals surface area (Å²) in [6, 6.07) is 20.4. The molecule has 0 unspecified atom stereocenters. The van der Waals surface area contributed by atoms with Crippen molar-refractivity contribution in [2.24, 2.45) is 5.10 Å². The summed E-state index contributed by atoms with van der Waals surface area (Å²) in [4.78, 5) is 12.7. The highest BCUT2D eigenvalue weighted by Gasteiger charge is 2.29. The number of benzene rings is 3. The fourth-order valence-electron chi connectivity index (χ4n) is 2.90. The number of aryl methyl sites for hydroxylation is 1. The molecule has 0 spiro atoms. The first kappa shape index (κ1) is 23.5. The first-order chi connectivity index (χ1) is 15.3. The molecule has 0 fully saturated rings. The Kier molecular flexibility index (Phi) is 7.66. The molecule has 32 heavy (non-hydrogen) atoms. The maximum atomic E-state index is 13.4. The monoisotopic (exact) mass is 515 g/mol. The summed E-state index contributed by atoms with van der Waals surface area (Å²) < 4.78 is 34.1. The molecule has 0 bridgehead atoms. The van der Waals surface area contributed by atoms with Gasteiger partial charge < -0.3 is 4.74 Å². The van der Waals surface area contributed by atoms with Crippen molar-refractivity contribution in [1.82, 2.24) is 5.43 Å². The topological polar surface area (TPSA) is 88.1 Å². The lowest BCUT2D eigenvalue weighted by Crippen LogP contribution is -2.39. The van der Waals surface area contributed by atoms with Gasteiger partial charge in [0.15, 0.2) is 0 Å². The number of hydrazone groups is 1. The molecular weight excluding hydrogens is 494 g/mol. The van der Waals surface area contributed by atoms with Crippen molar-refractivity contribution in [3.63, 3.8) is 0 Å². The van der Waals surface area contributed by atoms with Gasteiger partial charge in [0.05, 0.1) is 23.9 Å². The molecular formula is C23H22BrN3O4S. The van der Waals surface area contributed by atoms with E-state index in [2.05, 4.69) is 26.5 Å². The van der Waals surface area contributed by atoms with E-state index in [0.29, 0.717) is 5.75 Å². The molecule has 0 aliphatic rings. The molecule has 1 amide bonds. The van der Waals surface area contributed by atoms with Gasteiger partial charge in [-0.15, -0.1) is 0 Å². The van der Waals surface area contributed by atoms with E-state index in [4.69, 9.17) is 4.74 Å². The second-order valence-electron chi connectivity index (χ2n) is 6.84. The van der Waals surface area contributed by atoms with Gasteiger partial charge in [-0.25, -0.2) is 13.8 Å². The maximum absolute atomic E-state index is 13.4. The van der Waals surface area contributed by atoms with E-state index in [1.165, 1.54) is 25.5 Å². The normalized spacial score (nSPS) is 11.3. The van der Waals surface area contributed by atoms with Crippen LogP contribution in [0.1, 0.15) is 11.1 Å². The Labute approximate surface area is 195 Å². The standard InChI is InChI=1S/C23H22BrN3O4S/c1-17-10-12-20(13-11-17)32(29,30)27(21-8-3-4-9-22(21)31-2)16-23(28)26-25-15-18-6-5-7-19(24)14-18/h3-15H,16H2,1-2H3,(H,26,28)/b25-15+. The third-order valence-corrected chi connectivity index (χ3v) is 6.77. The number of hydrogen-bond acceptors (Lipinski definition) is 5. The summed E-state index contributed by atoms with van der Waals surface area (Å²) in [5.41, 5.74) is 4.34. The van der Waals surface area contributed by atoms with Crippen LogP contribution >= 0.6 is 15.9 Å². The number of sulfonamides is 1. The Morgan fingerprint density at radius 1 is 1.09 bits per heavy atom. The molecule has 3 aromatic carbocycles. The number of ether oxygens (including phenoxy) is 1. The zero-order valence-corrected chi connectivity index (χ0v) is 19.9. The number of methoxy groups -OCH3 is 1. The number of hydrogen-bond donors (Lipinski definition) is 1. The van der Waals surface area contributed by atoms with Crippen LogP contribution in [0.3, 0.4) is 0 Å². The number of rotatable bonds is 8. The van der Waals surface area contributed by atoms with Crippen molar-refractivity contribution in [1.29, 1.82) is 0 Å². The zero-order chi connectivity index (χ0) is 23.1. The van der Waals surface area contributed by atoms with E-state index in [1.54, 1.807) is 36.4 Å². The lowest BCUT2D eigenvalue weighted by Gasteiger charge is -2.25. The van der Waals surface area contributed by atoms with Crippen molar-refractivity contribution in [3.05, 3.63) is 88.4 Å². The summed E-state index contributed by atoms with van der Waals surface area (Å²) in [5.74, 6) is -0.272. The van der Waals surface area contributed by atoms with E-state index in [0.717, 1.165) is 19.9 Å². The third kappa shape index (κ3) is 5.74. The van der Waals surface area contributed by atoms with Crippen LogP contribution < -0.4 is 14.5 Å². The van der Waals surface area contributed by atoms with Crippen LogP contribution in [0.25, 0.3) is 0 Å². The molecule has 3 aromatic rings. The Morgan fingerprint density at radius 3 is 2.50 bits per heavy atom. The number of anilines is 1. The summed E-state index contributed by atoms with van der Waals surface area (Å²) in [7, 11) is -2.60. The zero-order valence-electron chi connectivity index (χ0n) is 17.5. The molecule has 0 radical (unpaired) electrons. The predicted octanol–water partition coefficient (Wildman–Crippen LogP) is 4.11. The molecule has 3 rings (SSSR count). The number of nitrogens with zero attached hydrogens (tertiary/aromatic N) is 2. The maximum Gasteiger partial charge on any atom is 0.264 e. The minimum atomic E-state index is -4.05. The highest BCUT2D eigenvalue weighted by atomic mass is 79.9. The van der Waals surface area contributed by atoms with Gasteiger partial charge in [-0.05, 0) is 48.9 Å². The van der Waals surface area contributed by atoms with Crippen LogP contribution in [0.2, 0.25) is 0 Å². The van der Waals surface area contributed by atoms with E-state index >= 15 is 0 Å². The van der Waals surface area contributed by atoms with Crippen molar-refractivity contribution >= 4 is 43.8 Å². The summed E-state index contributed by atoms with van der Waals surface area (Å²) in [5, 5.41) is 3.94. The fraction of sp³-hybridized carbons (Fsp3) is 0.130. The average molecular weight is 516 g/mol. The Hall–Kier alpha value is -3.17. The fourth-order valence-corrected chi connectivity index (χ4v) is 4.75. The molecule has 1 N–H and O–H groups in total. The highest BCUT2D eigenvalue weighted by Crippen LogP contribution is 2.32. The number of halogens is 1. The Morgan fingerprint density at radius 2 is 1.81 bits per heavy atom. The van der Waals surface area contributed by atoms with Gasteiger partial charge in [0.2, 0.25) is 0 Å². The predicted molar refractivity (Wildman–Crippen MR) is 129 cm³/mol. The highest BCUT2D eigenvalue weighted by molar-refractivity contribution is 9.10. The number of carbonyl (C=O) groups is 1. The van der Waals surface area contributed by atoms with Crippen LogP contribution in [0.4, 0.5) is 5.69 Å². The summed E-state index contributed by atoms with van der Waals surface area (Å²) >= 11 is 3.37. The van der Waals surface area contributed by atoms with Gasteiger partial charge in [-0.1, -0.05) is 57.9 Å². The minimum absolute atomic E-state index is 0.0689. The van der Waals surface area contributed by atoms with Crippen LogP contribution in [-0.2, 0) is 14.8 Å². The molecule has 0 aliphatic carbocycles. The largest absolute Gasteiger partial charge is 0.495 e. The number of carbonyl (C=O) groups excluding carboxylic acids is 1. The number of nitrogens with one attached hydrogen (secondary N) is 1. The molecule has 0 atom stereocenters. The smallest absolute Gasteiger partial charge is 0.264 e. The van der Waals surface area contributed by atoms with Gasteiger partial charge in [0.1, 0.15) is 12.3 Å². The van der Waals surface area contributed by atoms with Crippen molar-refractivity contribution in [2.75, 3.05) is 18.0 Å². The molecule has 166 valence electrons. The molecule has 7 nitrogen and oxygen atoms in total. The lowest BCUT2D eigenvalue weighted by molar-refractivity contribution is -0.119. The molecule has 9 heteroatoms. The van der Waals surface area contributed by atoms with Crippen molar-refractivity contribution in [2.45, 2.75) is 11.8 Å². The first-order valence-electron chi connectivity index (χ1n) is 9.61. The average Bonchev–Trinajstić information content (AvgIpc) is 2.78. The molecule has 0 aliphatic heterocycles. The van der Waals surface area contributed by atoms with Gasteiger partial charge in [-0.2, -0.15) is 5.10 Å². The molecule has 0 aromatic heterocycles. The first-order valence-corrected chi connectivity index (χ1v) is 11.8. The van der Waals surface area contributed by atoms with E-state index in [-0.39, 0.29) is 10.6 Å². The van der Waals surface area contributed by atoms with Crippen molar-refractivity contribution < 1.29 is 17.9 Å². The Bertz CT molecular complexity index is 1230. The summed E-state index contributed by atoms with van der Waals surface area (Å²) in [6.45, 7) is 1.39. The van der Waals surface area contributed by atoms with Crippen LogP contribution in [-0.4, -0.2) is 34.2 Å². The van der Waals surface area contributed by atoms with E-state index in [9.17, 15) is 13.2 Å². The summed E-state index contributed by atoms with van der Waals surface area (Å²) in [6.07, 6.45) is 1.48. The van der Waals surface area contributed by atoms with Crippen LogP contribution in [0, 0.1) is 6.92 Å². The Balaban J connectivity index is 1.89. The number of amides is 1. The van der Waals surface area contributed by atoms with E-state index < -0.39 is 22.5 Å². The van der Waals surface area contributed by atoms with Gasteiger partial charge in [0, 0.05) is 4.47 Å². The third-order valence-electron chi connectivity index (χ3n) is 4.50. The molecule has 0 saturated carbocycles. The van der Waals surface area contributed by atoms with Crippen LogP contribution in [0.5, 0.6) is 5.75 Å².